The Kier molecular flexibility index (Phi) is 3.74. The Labute approximate surface area is 99.0 Å². The maximum atomic E-state index is 11.2. The molecule has 84 valence electrons. The van der Waals surface area contributed by atoms with Gasteiger partial charge in [0.1, 0.15) is 0 Å². The highest BCUT2D eigenvalue weighted by molar-refractivity contribution is 9.11. The minimum Gasteiger partial charge on any atom is -0.437 e. The Morgan fingerprint density at radius 2 is 2.13 bits per heavy atom. The van der Waals surface area contributed by atoms with Gasteiger partial charge >= 0.3 is 6.16 Å². The number of ether oxygens (including phenoxy) is 2. The van der Waals surface area contributed by atoms with Crippen LogP contribution in [0.3, 0.4) is 0 Å². The molecule has 15 heavy (non-hydrogen) atoms. The maximum absolute atomic E-state index is 11.2. The van der Waals surface area contributed by atoms with Crippen molar-refractivity contribution in [2.45, 2.75) is 4.90 Å². The van der Waals surface area contributed by atoms with Crippen LogP contribution < -0.4 is 4.74 Å². The van der Waals surface area contributed by atoms with Crippen molar-refractivity contribution in [3.63, 3.8) is 0 Å². The van der Waals surface area contributed by atoms with Crippen molar-refractivity contribution in [2.75, 3.05) is 13.4 Å². The number of carbonyl (C=O) groups excluding carboxylic acids is 1. The van der Waals surface area contributed by atoms with Crippen molar-refractivity contribution < 1.29 is 22.7 Å². The largest absolute Gasteiger partial charge is 0.514 e. The van der Waals surface area contributed by atoms with Gasteiger partial charge < -0.3 is 9.47 Å². The molecular weight excluding hydrogens is 308 g/mol. The lowest BCUT2D eigenvalue weighted by molar-refractivity contribution is 0.123. The second-order valence-corrected chi connectivity index (χ2v) is 6.85. The van der Waals surface area contributed by atoms with Crippen LogP contribution in [0, 0.1) is 0 Å². The summed E-state index contributed by atoms with van der Waals surface area (Å²) in [6.45, 7) is 0. The smallest absolute Gasteiger partial charge is 0.437 e. The van der Waals surface area contributed by atoms with Gasteiger partial charge in [-0.3, -0.25) is 0 Å². The Hall–Kier alpha value is -0.600. The molecular formula is C7H7BrO5S2. The van der Waals surface area contributed by atoms with Crippen LogP contribution in [0.4, 0.5) is 4.79 Å². The lowest BCUT2D eigenvalue weighted by Gasteiger charge is -1.96. The molecule has 8 heteroatoms. The van der Waals surface area contributed by atoms with Crippen LogP contribution in [0.5, 0.6) is 5.06 Å². The number of thiophene rings is 1. The fraction of sp³-hybridized carbons (Fsp3) is 0.286. The van der Waals surface area contributed by atoms with Crippen LogP contribution in [-0.4, -0.2) is 27.9 Å². The average molecular weight is 315 g/mol. The van der Waals surface area contributed by atoms with Gasteiger partial charge in [-0.15, -0.1) is 0 Å². The molecule has 0 aliphatic rings. The highest BCUT2D eigenvalue weighted by Gasteiger charge is 2.18. The van der Waals surface area contributed by atoms with E-state index in [2.05, 4.69) is 25.4 Å². The molecule has 0 atom stereocenters. The number of hydrogen-bond donors (Lipinski definition) is 0. The van der Waals surface area contributed by atoms with Crippen LogP contribution in [0.2, 0.25) is 0 Å². The Morgan fingerprint density at radius 1 is 1.53 bits per heavy atom. The van der Waals surface area contributed by atoms with Crippen LogP contribution in [-0.2, 0) is 14.6 Å². The summed E-state index contributed by atoms with van der Waals surface area (Å²) in [6, 6.07) is 1.26. The minimum atomic E-state index is -3.32. The summed E-state index contributed by atoms with van der Waals surface area (Å²) in [6.07, 6.45) is 0.186. The standard InChI is InChI=1S/C7H7BrO5S2/c1-12-7(9)13-5-3-4(6(8)14-5)15(2,10)11/h3H,1-2H3. The van der Waals surface area contributed by atoms with Gasteiger partial charge in [-0.25, -0.2) is 13.2 Å². The number of carbonyl (C=O) groups is 1. The molecule has 0 fully saturated rings. The highest BCUT2D eigenvalue weighted by atomic mass is 79.9. The molecule has 0 amide bonds. The maximum Gasteiger partial charge on any atom is 0.514 e. The summed E-state index contributed by atoms with van der Waals surface area (Å²) in [5, 5.41) is 0.161. The number of methoxy groups -OCH3 is 1. The summed E-state index contributed by atoms with van der Waals surface area (Å²) >= 11 is 4.07. The summed E-state index contributed by atoms with van der Waals surface area (Å²) in [7, 11) is -2.15. The third-order valence-corrected chi connectivity index (χ3v) is 4.61. The molecule has 0 aliphatic carbocycles. The van der Waals surface area contributed by atoms with Gasteiger partial charge in [-0.05, 0) is 15.9 Å². The molecule has 0 N–H and O–H groups in total. The van der Waals surface area contributed by atoms with Gasteiger partial charge in [0.05, 0.1) is 15.8 Å². The second-order valence-electron chi connectivity index (χ2n) is 2.53. The van der Waals surface area contributed by atoms with E-state index in [1.165, 1.54) is 13.2 Å². The summed E-state index contributed by atoms with van der Waals surface area (Å²) in [5.41, 5.74) is 0. The molecule has 0 unspecified atom stereocenters. The number of sulfone groups is 1. The predicted octanol–water partition coefficient (Wildman–Crippen LogP) is 2.06. The first-order valence-electron chi connectivity index (χ1n) is 3.60. The number of hydrogen-bond acceptors (Lipinski definition) is 6. The molecule has 0 saturated carbocycles. The first-order valence-corrected chi connectivity index (χ1v) is 7.10. The summed E-state index contributed by atoms with van der Waals surface area (Å²) < 4.78 is 31.8. The van der Waals surface area contributed by atoms with Crippen molar-refractivity contribution >= 4 is 43.3 Å². The average Bonchev–Trinajstić information content (AvgIpc) is 2.45. The summed E-state index contributed by atoms with van der Waals surface area (Å²) in [4.78, 5) is 10.8. The zero-order valence-corrected chi connectivity index (χ0v) is 11.0. The normalized spacial score (nSPS) is 11.1. The SMILES string of the molecule is COC(=O)Oc1cc(S(C)(=O)=O)c(Br)s1. The van der Waals surface area contributed by atoms with Gasteiger partial charge in [-0.1, -0.05) is 11.3 Å². The Balaban J connectivity index is 3.02. The van der Waals surface area contributed by atoms with Crippen LogP contribution >= 0.6 is 27.3 Å². The van der Waals surface area contributed by atoms with Crippen molar-refractivity contribution in [1.29, 1.82) is 0 Å². The van der Waals surface area contributed by atoms with Crippen molar-refractivity contribution in [3.05, 3.63) is 9.85 Å². The monoisotopic (exact) mass is 314 g/mol. The van der Waals surface area contributed by atoms with E-state index in [1.54, 1.807) is 0 Å². The van der Waals surface area contributed by atoms with Gasteiger partial charge in [0.15, 0.2) is 14.9 Å². The lowest BCUT2D eigenvalue weighted by Crippen LogP contribution is -2.06. The number of rotatable bonds is 2. The fourth-order valence-electron chi connectivity index (χ4n) is 0.759. The van der Waals surface area contributed by atoms with Crippen molar-refractivity contribution in [2.24, 2.45) is 0 Å². The van der Waals surface area contributed by atoms with E-state index < -0.39 is 16.0 Å². The van der Waals surface area contributed by atoms with Crippen LogP contribution in [0.25, 0.3) is 0 Å². The molecule has 0 aliphatic heterocycles. The first kappa shape index (κ1) is 12.5. The Bertz CT molecular complexity index is 476. The van der Waals surface area contributed by atoms with Gasteiger partial charge in [-0.2, -0.15) is 0 Å². The zero-order chi connectivity index (χ0) is 11.6. The molecule has 1 heterocycles. The molecule has 0 bridgehead atoms. The van der Waals surface area contributed by atoms with Gasteiger partial charge in [0.25, 0.3) is 0 Å². The molecule has 5 nitrogen and oxygen atoms in total. The third kappa shape index (κ3) is 3.18. The highest BCUT2D eigenvalue weighted by Crippen LogP contribution is 2.36. The molecule has 1 aromatic rings. The molecule has 0 radical (unpaired) electrons. The molecule has 0 spiro atoms. The first-order chi connectivity index (χ1) is 6.84. The number of halogens is 1. The van der Waals surface area contributed by atoms with Crippen LogP contribution in [0.15, 0.2) is 14.7 Å². The lowest BCUT2D eigenvalue weighted by atomic mass is 10.6. The van der Waals surface area contributed by atoms with E-state index in [1.807, 2.05) is 0 Å². The van der Waals surface area contributed by atoms with Crippen molar-refractivity contribution in [1.82, 2.24) is 0 Å². The van der Waals surface area contributed by atoms with Crippen LogP contribution in [0.1, 0.15) is 0 Å². The van der Waals surface area contributed by atoms with E-state index >= 15 is 0 Å². The molecule has 1 aromatic heterocycles. The summed E-state index contributed by atoms with van der Waals surface area (Å²) in [5.74, 6) is 0. The van der Waals surface area contributed by atoms with E-state index in [0.29, 0.717) is 3.79 Å². The van der Waals surface area contributed by atoms with E-state index in [9.17, 15) is 13.2 Å². The zero-order valence-electron chi connectivity index (χ0n) is 7.81. The van der Waals surface area contributed by atoms with Gasteiger partial charge in [0.2, 0.25) is 0 Å². The quantitative estimate of drug-likeness (QED) is 0.781. The topological polar surface area (TPSA) is 69.7 Å². The van der Waals surface area contributed by atoms with E-state index in [-0.39, 0.29) is 9.96 Å². The molecule has 1 rings (SSSR count). The van der Waals surface area contributed by atoms with E-state index in [0.717, 1.165) is 17.6 Å². The third-order valence-electron chi connectivity index (χ3n) is 1.38. The molecule has 0 aromatic carbocycles. The fourth-order valence-corrected chi connectivity index (χ4v) is 4.12. The van der Waals surface area contributed by atoms with Gasteiger partial charge in [0, 0.05) is 12.3 Å². The van der Waals surface area contributed by atoms with Crippen molar-refractivity contribution in [3.8, 4) is 5.06 Å². The molecule has 0 saturated heterocycles. The second kappa shape index (κ2) is 4.50. The Morgan fingerprint density at radius 3 is 2.53 bits per heavy atom. The predicted molar refractivity (Wildman–Crippen MR) is 58.2 cm³/mol. The minimum absolute atomic E-state index is 0.0893. The van der Waals surface area contributed by atoms with E-state index in [4.69, 9.17) is 0 Å².